The zero-order chi connectivity index (χ0) is 17.7. The van der Waals surface area contributed by atoms with Crippen molar-refractivity contribution in [1.82, 2.24) is 0 Å². The number of hydrogen-bond donors (Lipinski definition) is 0. The zero-order valence-electron chi connectivity index (χ0n) is 15.4. The van der Waals surface area contributed by atoms with Crippen LogP contribution in [0.4, 0.5) is 0 Å². The third-order valence-electron chi connectivity index (χ3n) is 4.90. The first-order valence-electron chi connectivity index (χ1n) is 8.60. The monoisotopic (exact) mass is 328 g/mol. The molecule has 0 radical (unpaired) electrons. The van der Waals surface area contributed by atoms with Gasteiger partial charge in [-0.15, -0.1) is 0 Å². The molecule has 2 aromatic rings. The Morgan fingerprint density at radius 3 is 2.38 bits per heavy atom. The largest absolute Gasteiger partial charge is 0.497 e. The lowest BCUT2D eigenvalue weighted by molar-refractivity contribution is -0.152. The number of esters is 1. The average molecular weight is 328 g/mol. The molecule has 0 saturated heterocycles. The van der Waals surface area contributed by atoms with E-state index in [-0.39, 0.29) is 11.9 Å². The Hall–Kier alpha value is -2.03. The van der Waals surface area contributed by atoms with Gasteiger partial charge in [-0.1, -0.05) is 44.0 Å². The summed E-state index contributed by atoms with van der Waals surface area (Å²) in [5.41, 5.74) is 0.640. The van der Waals surface area contributed by atoms with Gasteiger partial charge in [0, 0.05) is 0 Å². The Morgan fingerprint density at radius 2 is 1.75 bits per heavy atom. The maximum absolute atomic E-state index is 12.3. The fourth-order valence-corrected chi connectivity index (χ4v) is 3.34. The van der Waals surface area contributed by atoms with Gasteiger partial charge in [0.15, 0.2) is 0 Å². The molecule has 1 unspecified atom stereocenters. The molecule has 130 valence electrons. The molecule has 2 rings (SSSR count). The number of rotatable bonds is 7. The van der Waals surface area contributed by atoms with Gasteiger partial charge in [-0.2, -0.15) is 0 Å². The number of carbonyl (C=O) groups is 1. The fourth-order valence-electron chi connectivity index (χ4n) is 3.34. The molecule has 0 aliphatic heterocycles. The van der Waals surface area contributed by atoms with Crippen LogP contribution < -0.4 is 4.74 Å². The van der Waals surface area contributed by atoms with E-state index in [0.29, 0.717) is 0 Å². The first-order chi connectivity index (χ1) is 11.4. The predicted molar refractivity (Wildman–Crippen MR) is 98.6 cm³/mol. The van der Waals surface area contributed by atoms with Crippen LogP contribution in [0.5, 0.6) is 5.75 Å². The third-order valence-corrected chi connectivity index (χ3v) is 4.90. The van der Waals surface area contributed by atoms with E-state index in [9.17, 15) is 4.79 Å². The number of unbranched alkanes of at least 4 members (excludes halogenated alkanes) is 1. The van der Waals surface area contributed by atoms with Crippen LogP contribution in [0.15, 0.2) is 36.4 Å². The van der Waals surface area contributed by atoms with Crippen molar-refractivity contribution >= 4 is 16.7 Å². The summed E-state index contributed by atoms with van der Waals surface area (Å²) in [7, 11) is 3.14. The molecule has 2 aromatic carbocycles. The fraction of sp³-hybridized carbons (Fsp3) is 0.476. The summed E-state index contributed by atoms with van der Waals surface area (Å²) in [6.07, 6.45) is 3.17. The van der Waals surface area contributed by atoms with Crippen LogP contribution in [0.1, 0.15) is 51.5 Å². The maximum Gasteiger partial charge on any atom is 0.311 e. The molecule has 0 amide bonds. The molecule has 0 N–H and O–H groups in total. The van der Waals surface area contributed by atoms with Crippen LogP contribution in [0.25, 0.3) is 10.8 Å². The smallest absolute Gasteiger partial charge is 0.311 e. The predicted octanol–water partition coefficient (Wildman–Crippen LogP) is 5.32. The van der Waals surface area contributed by atoms with E-state index in [2.05, 4.69) is 31.2 Å². The standard InChI is InChI=1S/C21H28O3/c1-6-7-8-19(21(2,3)20(22)24-5)17-10-9-16-14-18(23-4)12-11-15(16)13-17/h9-14,19H,6-8H2,1-5H3. The molecule has 3 nitrogen and oxygen atoms in total. The molecule has 0 saturated carbocycles. The number of fused-ring (bicyclic) bond motifs is 1. The topological polar surface area (TPSA) is 35.5 Å². The quantitative estimate of drug-likeness (QED) is 0.645. The van der Waals surface area contributed by atoms with Crippen LogP contribution in [-0.4, -0.2) is 20.2 Å². The highest BCUT2D eigenvalue weighted by atomic mass is 16.5. The summed E-state index contributed by atoms with van der Waals surface area (Å²) in [4.78, 5) is 12.3. The minimum Gasteiger partial charge on any atom is -0.497 e. The molecule has 3 heteroatoms. The molecule has 24 heavy (non-hydrogen) atoms. The second kappa shape index (κ2) is 7.69. The number of methoxy groups -OCH3 is 2. The van der Waals surface area contributed by atoms with Crippen molar-refractivity contribution in [2.75, 3.05) is 14.2 Å². The molecule has 0 aliphatic rings. The first-order valence-corrected chi connectivity index (χ1v) is 8.60. The van der Waals surface area contributed by atoms with E-state index in [0.717, 1.165) is 35.8 Å². The molecule has 0 bridgehead atoms. The van der Waals surface area contributed by atoms with E-state index < -0.39 is 5.41 Å². The highest BCUT2D eigenvalue weighted by Crippen LogP contribution is 2.41. The Kier molecular flexibility index (Phi) is 5.87. The van der Waals surface area contributed by atoms with Gasteiger partial charge in [0.25, 0.3) is 0 Å². The van der Waals surface area contributed by atoms with E-state index >= 15 is 0 Å². The van der Waals surface area contributed by atoms with Crippen LogP contribution in [0.2, 0.25) is 0 Å². The zero-order valence-corrected chi connectivity index (χ0v) is 15.4. The van der Waals surface area contributed by atoms with Gasteiger partial charge in [0.2, 0.25) is 0 Å². The van der Waals surface area contributed by atoms with Crippen molar-refractivity contribution in [3.8, 4) is 5.75 Å². The number of hydrogen-bond acceptors (Lipinski definition) is 3. The minimum absolute atomic E-state index is 0.136. The van der Waals surface area contributed by atoms with Gasteiger partial charge < -0.3 is 9.47 Å². The van der Waals surface area contributed by atoms with Gasteiger partial charge in [0.05, 0.1) is 19.6 Å². The molecular weight excluding hydrogens is 300 g/mol. The van der Waals surface area contributed by atoms with Gasteiger partial charge in [0.1, 0.15) is 5.75 Å². The number of ether oxygens (including phenoxy) is 2. The van der Waals surface area contributed by atoms with Crippen LogP contribution in [0.3, 0.4) is 0 Å². The highest BCUT2D eigenvalue weighted by molar-refractivity contribution is 5.85. The summed E-state index contributed by atoms with van der Waals surface area (Å²) < 4.78 is 10.4. The summed E-state index contributed by atoms with van der Waals surface area (Å²) in [6, 6.07) is 12.5. The van der Waals surface area contributed by atoms with Crippen LogP contribution >= 0.6 is 0 Å². The molecule has 0 aromatic heterocycles. The van der Waals surface area contributed by atoms with Gasteiger partial charge in [-0.3, -0.25) is 4.79 Å². The van der Waals surface area contributed by atoms with E-state index in [4.69, 9.17) is 9.47 Å². The van der Waals surface area contributed by atoms with E-state index in [1.807, 2.05) is 26.0 Å². The second-order valence-corrected chi connectivity index (χ2v) is 6.88. The van der Waals surface area contributed by atoms with E-state index in [1.54, 1.807) is 7.11 Å². The van der Waals surface area contributed by atoms with Crippen molar-refractivity contribution in [3.63, 3.8) is 0 Å². The number of benzene rings is 2. The summed E-state index contributed by atoms with van der Waals surface area (Å²) >= 11 is 0. The number of carbonyl (C=O) groups excluding carboxylic acids is 1. The van der Waals surface area contributed by atoms with Crippen molar-refractivity contribution in [2.45, 2.75) is 46.0 Å². The molecule has 0 heterocycles. The van der Waals surface area contributed by atoms with Crippen molar-refractivity contribution < 1.29 is 14.3 Å². The molecular formula is C21H28O3. The Morgan fingerprint density at radius 1 is 1.08 bits per heavy atom. The lowest BCUT2D eigenvalue weighted by atomic mass is 9.72. The first kappa shape index (κ1) is 18.3. The van der Waals surface area contributed by atoms with Crippen LogP contribution in [0, 0.1) is 5.41 Å². The highest BCUT2D eigenvalue weighted by Gasteiger charge is 2.38. The summed E-state index contributed by atoms with van der Waals surface area (Å²) in [5, 5.41) is 2.30. The van der Waals surface area contributed by atoms with Crippen LogP contribution in [-0.2, 0) is 9.53 Å². The lowest BCUT2D eigenvalue weighted by Gasteiger charge is -2.32. The van der Waals surface area contributed by atoms with Crippen molar-refractivity contribution in [3.05, 3.63) is 42.0 Å². The molecule has 1 atom stereocenters. The van der Waals surface area contributed by atoms with Gasteiger partial charge in [-0.05, 0) is 54.7 Å². The van der Waals surface area contributed by atoms with Gasteiger partial charge >= 0.3 is 5.97 Å². The van der Waals surface area contributed by atoms with Crippen molar-refractivity contribution in [2.24, 2.45) is 5.41 Å². The second-order valence-electron chi connectivity index (χ2n) is 6.88. The van der Waals surface area contributed by atoms with Crippen molar-refractivity contribution in [1.29, 1.82) is 0 Å². The van der Waals surface area contributed by atoms with Gasteiger partial charge in [-0.25, -0.2) is 0 Å². The molecule has 0 spiro atoms. The summed E-state index contributed by atoms with van der Waals surface area (Å²) in [5.74, 6) is 0.836. The Balaban J connectivity index is 2.45. The maximum atomic E-state index is 12.3. The lowest BCUT2D eigenvalue weighted by Crippen LogP contribution is -2.32. The SMILES string of the molecule is CCCCC(c1ccc2cc(OC)ccc2c1)C(C)(C)C(=O)OC. The summed E-state index contributed by atoms with van der Waals surface area (Å²) in [6.45, 7) is 6.14. The molecule has 0 fully saturated rings. The normalized spacial score (nSPS) is 12.9. The minimum atomic E-state index is -0.552. The Bertz CT molecular complexity index is 703. The Labute approximate surface area is 145 Å². The third kappa shape index (κ3) is 3.72. The molecule has 0 aliphatic carbocycles. The average Bonchev–Trinajstić information content (AvgIpc) is 2.60. The van der Waals surface area contributed by atoms with E-state index in [1.165, 1.54) is 12.7 Å².